The zero-order valence-electron chi connectivity index (χ0n) is 16.0. The van der Waals surface area contributed by atoms with Crippen LogP contribution in [-0.4, -0.2) is 35.8 Å². The van der Waals surface area contributed by atoms with E-state index in [2.05, 4.69) is 29.6 Å². The Kier molecular flexibility index (Phi) is 4.50. The van der Waals surface area contributed by atoms with Crippen molar-refractivity contribution in [1.29, 1.82) is 0 Å². The Morgan fingerprint density at radius 3 is 2.64 bits per heavy atom. The summed E-state index contributed by atoms with van der Waals surface area (Å²) < 4.78 is 0. The fourth-order valence-electron chi connectivity index (χ4n) is 5.13. The minimum Gasteiger partial charge on any atom is -0.353 e. The second-order valence-corrected chi connectivity index (χ2v) is 9.40. The van der Waals surface area contributed by atoms with Crippen molar-refractivity contribution in [1.82, 2.24) is 10.2 Å². The molecule has 146 valence electrons. The quantitative estimate of drug-likeness (QED) is 0.850. The van der Waals surface area contributed by atoms with Crippen molar-refractivity contribution in [3.05, 3.63) is 57.8 Å². The topological polar surface area (TPSA) is 49.4 Å². The van der Waals surface area contributed by atoms with Gasteiger partial charge in [-0.2, -0.15) is 11.3 Å². The fraction of sp³-hybridized carbons (Fsp3) is 0.478. The summed E-state index contributed by atoms with van der Waals surface area (Å²) in [5, 5.41) is 7.05. The van der Waals surface area contributed by atoms with Crippen molar-refractivity contribution in [2.45, 2.75) is 55.9 Å². The Balaban J connectivity index is 1.31. The van der Waals surface area contributed by atoms with E-state index in [9.17, 15) is 9.59 Å². The number of likely N-dealkylation sites (tertiary alicyclic amines) is 1. The third-order valence-corrected chi connectivity index (χ3v) is 7.44. The predicted molar refractivity (Wildman–Crippen MR) is 111 cm³/mol. The molecular formula is C23H26N2O2S. The molecule has 1 saturated heterocycles. The summed E-state index contributed by atoms with van der Waals surface area (Å²) in [6, 6.07) is 11.0. The van der Waals surface area contributed by atoms with E-state index in [-0.39, 0.29) is 17.2 Å². The van der Waals surface area contributed by atoms with Crippen LogP contribution < -0.4 is 5.32 Å². The van der Waals surface area contributed by atoms with Gasteiger partial charge in [-0.15, -0.1) is 0 Å². The maximum Gasteiger partial charge on any atom is 0.254 e. The lowest BCUT2D eigenvalue weighted by Gasteiger charge is -2.40. The number of nitrogens with zero attached hydrogens (tertiary/aromatic N) is 1. The van der Waals surface area contributed by atoms with Gasteiger partial charge in [0.2, 0.25) is 5.91 Å². The molecule has 0 bridgehead atoms. The molecule has 1 atom stereocenters. The number of hydrogen-bond donors (Lipinski definition) is 1. The van der Waals surface area contributed by atoms with E-state index in [0.29, 0.717) is 18.4 Å². The Hall–Kier alpha value is -2.14. The van der Waals surface area contributed by atoms with Crippen LogP contribution in [0, 0.1) is 0 Å². The highest BCUT2D eigenvalue weighted by Gasteiger charge is 2.46. The Bertz CT molecular complexity index is 880. The van der Waals surface area contributed by atoms with E-state index in [1.807, 2.05) is 21.7 Å². The number of thiophene rings is 1. The average Bonchev–Trinajstić information content (AvgIpc) is 3.25. The average molecular weight is 395 g/mol. The van der Waals surface area contributed by atoms with Gasteiger partial charge in [-0.05, 0) is 66.0 Å². The van der Waals surface area contributed by atoms with Crippen molar-refractivity contribution in [3.8, 4) is 0 Å². The molecule has 3 aliphatic rings. The van der Waals surface area contributed by atoms with Gasteiger partial charge in [0, 0.05) is 30.9 Å². The van der Waals surface area contributed by atoms with Crippen LogP contribution in [-0.2, 0) is 10.2 Å². The molecule has 1 N–H and O–H groups in total. The number of rotatable bonds is 4. The highest BCUT2D eigenvalue weighted by molar-refractivity contribution is 7.08. The molecule has 28 heavy (non-hydrogen) atoms. The summed E-state index contributed by atoms with van der Waals surface area (Å²) in [6.07, 6.45) is 5.86. The molecule has 2 aliphatic carbocycles. The third-order valence-electron chi connectivity index (χ3n) is 6.76. The van der Waals surface area contributed by atoms with Crippen LogP contribution in [0.4, 0.5) is 0 Å². The van der Waals surface area contributed by atoms with Gasteiger partial charge in [0.1, 0.15) is 0 Å². The van der Waals surface area contributed by atoms with Crippen molar-refractivity contribution >= 4 is 23.2 Å². The fourth-order valence-corrected chi connectivity index (χ4v) is 5.76. The largest absolute Gasteiger partial charge is 0.353 e. The Morgan fingerprint density at radius 2 is 1.93 bits per heavy atom. The van der Waals surface area contributed by atoms with E-state index in [1.54, 1.807) is 11.3 Å². The van der Waals surface area contributed by atoms with E-state index >= 15 is 0 Å². The lowest BCUT2D eigenvalue weighted by atomic mass is 9.73. The van der Waals surface area contributed by atoms with E-state index < -0.39 is 0 Å². The van der Waals surface area contributed by atoms with Crippen LogP contribution in [0.3, 0.4) is 0 Å². The van der Waals surface area contributed by atoms with Gasteiger partial charge >= 0.3 is 0 Å². The van der Waals surface area contributed by atoms with Crippen LogP contribution in [0.15, 0.2) is 41.1 Å². The molecular weight excluding hydrogens is 368 g/mol. The summed E-state index contributed by atoms with van der Waals surface area (Å²) in [7, 11) is 0. The number of hydrogen-bond acceptors (Lipinski definition) is 3. The molecule has 5 rings (SSSR count). The highest BCUT2D eigenvalue weighted by atomic mass is 32.1. The summed E-state index contributed by atoms with van der Waals surface area (Å²) in [4.78, 5) is 27.2. The van der Waals surface area contributed by atoms with Gasteiger partial charge in [-0.25, -0.2) is 0 Å². The van der Waals surface area contributed by atoms with Crippen molar-refractivity contribution < 1.29 is 9.59 Å². The maximum absolute atomic E-state index is 12.7. The number of nitrogens with one attached hydrogen (secondary N) is 1. The molecule has 1 aliphatic heterocycles. The maximum atomic E-state index is 12.7. The number of benzene rings is 1. The summed E-state index contributed by atoms with van der Waals surface area (Å²) in [5.41, 5.74) is 3.70. The zero-order valence-corrected chi connectivity index (χ0v) is 16.8. The molecule has 2 aromatic rings. The number of fused-ring (bicyclic) bond motifs is 2. The van der Waals surface area contributed by atoms with Gasteiger partial charge in [-0.1, -0.05) is 24.3 Å². The zero-order chi connectivity index (χ0) is 19.1. The lowest BCUT2D eigenvalue weighted by molar-refractivity contribution is -0.121. The number of carbonyl (C=O) groups is 2. The van der Waals surface area contributed by atoms with Crippen LogP contribution in [0.25, 0.3) is 0 Å². The molecule has 1 aromatic carbocycles. The molecule has 2 fully saturated rings. The normalized spacial score (nSPS) is 22.9. The van der Waals surface area contributed by atoms with E-state index in [4.69, 9.17) is 0 Å². The van der Waals surface area contributed by atoms with Crippen LogP contribution in [0.1, 0.15) is 65.9 Å². The lowest BCUT2D eigenvalue weighted by Crippen LogP contribution is -2.44. The number of amides is 2. The Labute approximate surface area is 169 Å². The molecule has 0 unspecified atom stereocenters. The smallest absolute Gasteiger partial charge is 0.254 e. The summed E-state index contributed by atoms with van der Waals surface area (Å²) in [6.45, 7) is 1.59. The second kappa shape index (κ2) is 7.03. The first-order valence-electron chi connectivity index (χ1n) is 10.3. The minimum absolute atomic E-state index is 0.118. The summed E-state index contributed by atoms with van der Waals surface area (Å²) >= 11 is 1.57. The molecule has 0 radical (unpaired) electrons. The first-order valence-corrected chi connectivity index (χ1v) is 11.3. The Morgan fingerprint density at radius 1 is 1.14 bits per heavy atom. The highest BCUT2D eigenvalue weighted by Crippen LogP contribution is 2.52. The van der Waals surface area contributed by atoms with Gasteiger partial charge in [0.05, 0.1) is 5.56 Å². The van der Waals surface area contributed by atoms with Gasteiger partial charge in [-0.3, -0.25) is 9.59 Å². The molecule has 4 nitrogen and oxygen atoms in total. The van der Waals surface area contributed by atoms with E-state index in [0.717, 1.165) is 50.8 Å². The van der Waals surface area contributed by atoms with Gasteiger partial charge in [0.15, 0.2) is 0 Å². The first-order chi connectivity index (χ1) is 13.6. The van der Waals surface area contributed by atoms with Crippen LogP contribution in [0.2, 0.25) is 0 Å². The molecule has 1 spiro atoms. The summed E-state index contributed by atoms with van der Waals surface area (Å²) in [5.74, 6) is 0.654. The SMILES string of the molecule is O=C(C[C@H]1CC2(CCN(C(=O)c3ccsc3)CC2)c2ccccc21)NC1CC1. The van der Waals surface area contributed by atoms with Gasteiger partial charge in [0.25, 0.3) is 5.91 Å². The molecule has 1 aromatic heterocycles. The van der Waals surface area contributed by atoms with Crippen molar-refractivity contribution in [2.24, 2.45) is 0 Å². The van der Waals surface area contributed by atoms with Gasteiger partial charge < -0.3 is 10.2 Å². The predicted octanol–water partition coefficient (Wildman–Crippen LogP) is 4.08. The van der Waals surface area contributed by atoms with E-state index in [1.165, 1.54) is 11.1 Å². The second-order valence-electron chi connectivity index (χ2n) is 8.62. The first kappa shape index (κ1) is 17.9. The van der Waals surface area contributed by atoms with Crippen molar-refractivity contribution in [3.63, 3.8) is 0 Å². The van der Waals surface area contributed by atoms with Crippen LogP contribution in [0.5, 0.6) is 0 Å². The minimum atomic E-state index is 0.118. The third kappa shape index (κ3) is 3.26. The number of carbonyl (C=O) groups excluding carboxylic acids is 2. The van der Waals surface area contributed by atoms with Crippen LogP contribution >= 0.6 is 11.3 Å². The van der Waals surface area contributed by atoms with Crippen molar-refractivity contribution in [2.75, 3.05) is 13.1 Å². The number of piperidine rings is 1. The molecule has 5 heteroatoms. The molecule has 2 heterocycles. The monoisotopic (exact) mass is 394 g/mol. The molecule has 1 saturated carbocycles. The molecule has 2 amide bonds. The standard InChI is InChI=1S/C23H26N2O2S/c26-21(24-18-5-6-18)13-17-14-23(20-4-2-1-3-19(17)20)8-10-25(11-9-23)22(27)16-7-12-28-15-16/h1-4,7,12,15,17-18H,5-6,8-11,13-14H2,(H,24,26)/t17-/m0/s1.